The average molecular weight is 586 g/mol. The lowest BCUT2D eigenvalue weighted by Crippen LogP contribution is -2.42. The summed E-state index contributed by atoms with van der Waals surface area (Å²) < 4.78 is 22.0. The molecule has 0 atom stereocenters. The summed E-state index contributed by atoms with van der Waals surface area (Å²) in [6, 6.07) is 18.0. The number of piperazine rings is 1. The van der Waals surface area contributed by atoms with E-state index >= 15 is 4.39 Å². The first-order valence-corrected chi connectivity index (χ1v) is 14.4. The molecule has 0 saturated carbocycles. The van der Waals surface area contributed by atoms with E-state index in [9.17, 15) is 0 Å². The molecule has 1 aliphatic heterocycles. The van der Waals surface area contributed by atoms with Crippen LogP contribution in [0.5, 0.6) is 11.5 Å². The summed E-state index contributed by atoms with van der Waals surface area (Å²) in [5.74, 6) is 0.639. The van der Waals surface area contributed by atoms with Gasteiger partial charge in [-0.3, -0.25) is 14.9 Å². The molecule has 0 unspecified atom stereocenters. The third-order valence-corrected chi connectivity index (χ3v) is 8.32. The van der Waals surface area contributed by atoms with Crippen LogP contribution in [-0.4, -0.2) is 51.0 Å². The van der Waals surface area contributed by atoms with Gasteiger partial charge in [0.25, 0.3) is 0 Å². The first-order valence-electron chi connectivity index (χ1n) is 13.2. The molecule has 3 N–H and O–H groups in total. The molecular formula is C30H25ClFN7OS. The highest BCUT2D eigenvalue weighted by molar-refractivity contribution is 7.22. The molecule has 5 heterocycles. The number of anilines is 2. The summed E-state index contributed by atoms with van der Waals surface area (Å²) in [5, 5.41) is 7.09. The number of H-pyrrole nitrogens is 1. The number of hydrogen-bond acceptors (Lipinski definition) is 8. The molecule has 2 aromatic carbocycles. The van der Waals surface area contributed by atoms with Gasteiger partial charge in [0, 0.05) is 68.0 Å². The van der Waals surface area contributed by atoms with Gasteiger partial charge in [0.15, 0.2) is 11.6 Å². The maximum absolute atomic E-state index is 15.1. The minimum absolute atomic E-state index is 0.116. The van der Waals surface area contributed by atoms with Gasteiger partial charge in [0.1, 0.15) is 5.75 Å². The Morgan fingerprint density at radius 3 is 2.71 bits per heavy atom. The van der Waals surface area contributed by atoms with Crippen molar-refractivity contribution in [2.24, 2.45) is 0 Å². The second-order valence-electron chi connectivity index (χ2n) is 9.83. The first kappa shape index (κ1) is 25.8. The Labute approximate surface area is 244 Å². The van der Waals surface area contributed by atoms with Crippen LogP contribution >= 0.6 is 22.9 Å². The maximum atomic E-state index is 15.1. The van der Waals surface area contributed by atoms with Crippen LogP contribution in [0, 0.1) is 5.82 Å². The number of imidazole rings is 1. The van der Waals surface area contributed by atoms with E-state index in [1.807, 2.05) is 24.4 Å². The molecule has 7 rings (SSSR count). The Bertz CT molecular complexity index is 1850. The van der Waals surface area contributed by atoms with Crippen LogP contribution in [-0.2, 0) is 6.54 Å². The van der Waals surface area contributed by atoms with Crippen molar-refractivity contribution in [3.05, 3.63) is 89.5 Å². The summed E-state index contributed by atoms with van der Waals surface area (Å²) in [6.45, 7) is 5.03. The lowest BCUT2D eigenvalue weighted by atomic mass is 10.2. The number of halogens is 2. The minimum atomic E-state index is -0.502. The quantitative estimate of drug-likeness (QED) is 0.186. The molecule has 1 fully saturated rings. The molecule has 0 spiro atoms. The van der Waals surface area contributed by atoms with E-state index in [0.29, 0.717) is 22.4 Å². The first-order chi connectivity index (χ1) is 20.1. The van der Waals surface area contributed by atoms with Crippen molar-refractivity contribution >= 4 is 55.8 Å². The average Bonchev–Trinajstić information content (AvgIpc) is 3.59. The number of nitrogens with zero attached hydrogens (tertiary/aromatic N) is 4. The van der Waals surface area contributed by atoms with Crippen molar-refractivity contribution in [2.75, 3.05) is 31.5 Å². The number of aromatic nitrogens is 4. The largest absolute Gasteiger partial charge is 0.453 e. The smallest absolute Gasteiger partial charge is 0.205 e. The van der Waals surface area contributed by atoms with Gasteiger partial charge in [-0.2, -0.15) is 0 Å². The van der Waals surface area contributed by atoms with E-state index in [2.05, 4.69) is 36.6 Å². The maximum Gasteiger partial charge on any atom is 0.205 e. The van der Waals surface area contributed by atoms with Gasteiger partial charge in [0.05, 0.1) is 31.8 Å². The SMILES string of the molecule is Fc1cc(Nc2nc3ccc(Cl)cc3[nH]2)ccc1Oc1ccnc2cc(-c3ccc(CN4CCNCC4)cn3)sc12. The van der Waals surface area contributed by atoms with Crippen LogP contribution in [0.2, 0.25) is 5.02 Å². The van der Waals surface area contributed by atoms with E-state index in [-0.39, 0.29) is 5.75 Å². The van der Waals surface area contributed by atoms with Gasteiger partial charge in [0.2, 0.25) is 5.95 Å². The van der Waals surface area contributed by atoms with Crippen LogP contribution < -0.4 is 15.4 Å². The molecule has 11 heteroatoms. The number of hydrogen-bond donors (Lipinski definition) is 3. The molecule has 0 radical (unpaired) electrons. The zero-order valence-corrected chi connectivity index (χ0v) is 23.4. The van der Waals surface area contributed by atoms with Crippen molar-refractivity contribution in [3.63, 3.8) is 0 Å². The van der Waals surface area contributed by atoms with Crippen LogP contribution in [0.3, 0.4) is 0 Å². The van der Waals surface area contributed by atoms with Gasteiger partial charge < -0.3 is 20.4 Å². The van der Waals surface area contributed by atoms with E-state index < -0.39 is 5.82 Å². The Hall–Kier alpha value is -4.09. The van der Waals surface area contributed by atoms with E-state index in [0.717, 1.165) is 64.5 Å². The normalized spacial score (nSPS) is 14.1. The second kappa shape index (κ2) is 11.1. The zero-order chi connectivity index (χ0) is 27.8. The monoisotopic (exact) mass is 585 g/mol. The predicted molar refractivity (Wildman–Crippen MR) is 162 cm³/mol. The molecule has 0 aliphatic carbocycles. The number of rotatable bonds is 7. The number of benzene rings is 2. The van der Waals surface area contributed by atoms with Gasteiger partial charge in [-0.25, -0.2) is 9.37 Å². The molecule has 41 heavy (non-hydrogen) atoms. The summed E-state index contributed by atoms with van der Waals surface area (Å²) in [6.07, 6.45) is 3.61. The molecule has 0 amide bonds. The number of fused-ring (bicyclic) bond motifs is 2. The van der Waals surface area contributed by atoms with Crippen molar-refractivity contribution in [1.29, 1.82) is 0 Å². The molecule has 0 bridgehead atoms. The van der Waals surface area contributed by atoms with E-state index in [4.69, 9.17) is 21.3 Å². The fourth-order valence-corrected chi connectivity index (χ4v) is 6.08. The fourth-order valence-electron chi connectivity index (χ4n) is 4.87. The molecule has 1 aliphatic rings. The number of pyridine rings is 2. The zero-order valence-electron chi connectivity index (χ0n) is 21.8. The van der Waals surface area contributed by atoms with Gasteiger partial charge in [-0.1, -0.05) is 17.7 Å². The lowest BCUT2D eigenvalue weighted by molar-refractivity contribution is 0.233. The van der Waals surface area contributed by atoms with Crippen molar-refractivity contribution in [3.8, 4) is 22.1 Å². The topological polar surface area (TPSA) is 91.0 Å². The van der Waals surface area contributed by atoms with Crippen LogP contribution in [0.15, 0.2) is 73.1 Å². The number of aromatic amines is 1. The van der Waals surface area contributed by atoms with Crippen LogP contribution in [0.25, 0.3) is 31.8 Å². The van der Waals surface area contributed by atoms with Crippen LogP contribution in [0.4, 0.5) is 16.0 Å². The Balaban J connectivity index is 1.08. The van der Waals surface area contributed by atoms with Crippen molar-refractivity contribution in [2.45, 2.75) is 6.54 Å². The summed E-state index contributed by atoms with van der Waals surface area (Å²) in [4.78, 5) is 20.2. The van der Waals surface area contributed by atoms with E-state index in [1.54, 1.807) is 36.5 Å². The Kier molecular flexibility index (Phi) is 6.97. The Morgan fingerprint density at radius 1 is 0.976 bits per heavy atom. The molecule has 6 aromatic rings. The highest BCUT2D eigenvalue weighted by atomic mass is 35.5. The summed E-state index contributed by atoms with van der Waals surface area (Å²) in [5.41, 5.74) is 4.92. The van der Waals surface area contributed by atoms with Crippen molar-refractivity contribution in [1.82, 2.24) is 30.2 Å². The van der Waals surface area contributed by atoms with Gasteiger partial charge in [-0.15, -0.1) is 11.3 Å². The number of thiophene rings is 1. The molecular weight excluding hydrogens is 561 g/mol. The third-order valence-electron chi connectivity index (χ3n) is 6.93. The highest BCUT2D eigenvalue weighted by Crippen LogP contribution is 2.39. The summed E-state index contributed by atoms with van der Waals surface area (Å²) in [7, 11) is 0. The van der Waals surface area contributed by atoms with Gasteiger partial charge in [-0.05, 0) is 48.0 Å². The van der Waals surface area contributed by atoms with E-state index in [1.165, 1.54) is 23.0 Å². The summed E-state index contributed by atoms with van der Waals surface area (Å²) >= 11 is 7.58. The molecule has 8 nitrogen and oxygen atoms in total. The van der Waals surface area contributed by atoms with Crippen molar-refractivity contribution < 1.29 is 9.13 Å². The highest BCUT2D eigenvalue weighted by Gasteiger charge is 2.15. The predicted octanol–water partition coefficient (Wildman–Crippen LogP) is 6.97. The standard InChI is InChI=1S/C30H25ClFN7OS/c31-19-2-5-22-24(13-19)38-30(37-22)36-20-3-6-26(21(32)14-20)40-27-7-8-34-25-15-28(41-29(25)27)23-4-1-18(16-35-23)17-39-11-9-33-10-12-39/h1-8,13-16,33H,9-12,17H2,(H2,36,37,38). The van der Waals surface area contributed by atoms with Gasteiger partial charge >= 0.3 is 0 Å². The number of nitrogens with one attached hydrogen (secondary N) is 3. The van der Waals surface area contributed by atoms with Crippen LogP contribution in [0.1, 0.15) is 5.56 Å². The molecule has 206 valence electrons. The Morgan fingerprint density at radius 2 is 1.88 bits per heavy atom. The minimum Gasteiger partial charge on any atom is -0.453 e. The lowest BCUT2D eigenvalue weighted by Gasteiger charge is -2.27. The second-order valence-corrected chi connectivity index (χ2v) is 11.3. The molecule has 1 saturated heterocycles. The fraction of sp³-hybridized carbons (Fsp3) is 0.167. The molecule has 4 aromatic heterocycles. The number of ether oxygens (including phenoxy) is 1. The third kappa shape index (κ3) is 5.59.